The molecule has 0 N–H and O–H groups in total. The van der Waals surface area contributed by atoms with E-state index in [0.717, 1.165) is 24.7 Å². The molecule has 0 spiro atoms. The second-order valence-electron chi connectivity index (χ2n) is 9.56. The fourth-order valence-electron chi connectivity index (χ4n) is 3.38. The Balaban J connectivity index is 4.18. The molecule has 0 aliphatic rings. The number of unbranched alkanes of at least 4 members (excludes halogenated alkanes) is 8. The first kappa shape index (κ1) is 31.5. The Morgan fingerprint density at radius 1 is 0.750 bits per heavy atom. The Labute approximate surface area is 204 Å². The van der Waals surface area contributed by atoms with E-state index in [1.807, 2.05) is 0 Å². The lowest BCUT2D eigenvalue weighted by Gasteiger charge is -2.30. The lowest BCUT2D eigenvalue weighted by molar-refractivity contribution is -0.137. The summed E-state index contributed by atoms with van der Waals surface area (Å²) in [5, 5.41) is 0. The smallest absolute Gasteiger partial charge is 0.653 e. The van der Waals surface area contributed by atoms with Crippen LogP contribution in [0.3, 0.4) is 0 Å². The van der Waals surface area contributed by atoms with Crippen LogP contribution in [0, 0.1) is 11.8 Å². The van der Waals surface area contributed by atoms with Crippen molar-refractivity contribution in [3.8, 4) is 0 Å². The summed E-state index contributed by atoms with van der Waals surface area (Å²) in [6.45, 7) is 14.3. The number of rotatable bonds is 22. The van der Waals surface area contributed by atoms with E-state index >= 15 is 0 Å². The van der Waals surface area contributed by atoms with E-state index < -0.39 is 15.1 Å². The highest BCUT2D eigenvalue weighted by Gasteiger charge is 2.13. The van der Waals surface area contributed by atoms with Gasteiger partial charge in [0.25, 0.3) is 0 Å². The van der Waals surface area contributed by atoms with E-state index in [1.54, 1.807) is 13.8 Å². The molecule has 0 heterocycles. The summed E-state index contributed by atoms with van der Waals surface area (Å²) in [4.78, 5) is 11.6. The molecule has 0 atom stereocenters. The quantitative estimate of drug-likeness (QED) is 0.0539. The van der Waals surface area contributed by atoms with E-state index in [1.165, 1.54) is 70.3 Å². The number of allylic oxidation sites excluding steroid dienone is 1. The van der Waals surface area contributed by atoms with Gasteiger partial charge in [-0.05, 0) is 51.7 Å². The molecule has 0 fully saturated rings. The molecule has 0 aliphatic heterocycles. The molecule has 0 rings (SSSR count). The Hall–Kier alpha value is -0.538. The Bertz CT molecular complexity index is 441. The van der Waals surface area contributed by atoms with Gasteiger partial charge in [0, 0.05) is 5.76 Å². The van der Waals surface area contributed by atoms with Crippen molar-refractivity contribution in [3.05, 3.63) is 11.8 Å². The van der Waals surface area contributed by atoms with Crippen molar-refractivity contribution in [1.29, 1.82) is 0 Å². The average Bonchev–Trinajstić information content (AvgIpc) is 2.71. The second kappa shape index (κ2) is 22.3. The molecule has 0 aromatic carbocycles. The van der Waals surface area contributed by atoms with Crippen molar-refractivity contribution in [3.63, 3.8) is 0 Å². The molecule has 0 aliphatic carbocycles. The van der Waals surface area contributed by atoms with E-state index in [0.29, 0.717) is 25.6 Å². The van der Waals surface area contributed by atoms with Gasteiger partial charge in [0.15, 0.2) is 0 Å². The van der Waals surface area contributed by atoms with Crippen molar-refractivity contribution in [2.45, 2.75) is 119 Å². The van der Waals surface area contributed by atoms with Gasteiger partial charge in [-0.1, -0.05) is 91.9 Å². The first-order valence-corrected chi connectivity index (χ1v) is 14.5. The zero-order valence-corrected chi connectivity index (χ0v) is 23.1. The standard InChI is InChI=1S/2C10H21O.C6H10O3.Al/c2*1-10(2)8-6-4-3-5-7-9-11;1-3-9-6(8)4-5(2)7;/h2*10H,3-9H2,1-2H3;4,7H,3H2,1-2H3;/q2*-1;;+2/p-1/b;;5-4-;. The van der Waals surface area contributed by atoms with Crippen LogP contribution < -0.4 is 0 Å². The van der Waals surface area contributed by atoms with Crippen LogP contribution in [0.15, 0.2) is 11.8 Å². The summed E-state index contributed by atoms with van der Waals surface area (Å²) in [5.74, 6) is 1.71. The molecular formula is C26H51AlO5-. The van der Waals surface area contributed by atoms with Gasteiger partial charge in [0.2, 0.25) is 0 Å². The van der Waals surface area contributed by atoms with Crippen LogP contribution >= 0.6 is 0 Å². The highest BCUT2D eigenvalue weighted by molar-refractivity contribution is 6.36. The van der Waals surface area contributed by atoms with Gasteiger partial charge >= 0.3 is 21.1 Å². The van der Waals surface area contributed by atoms with Crippen molar-refractivity contribution in [2.75, 3.05) is 19.8 Å². The predicted molar refractivity (Wildman–Crippen MR) is 134 cm³/mol. The van der Waals surface area contributed by atoms with Gasteiger partial charge in [-0.3, -0.25) is 0 Å². The molecule has 0 saturated carbocycles. The van der Waals surface area contributed by atoms with Gasteiger partial charge in [-0.25, -0.2) is 4.79 Å². The van der Waals surface area contributed by atoms with Crippen molar-refractivity contribution in [1.82, 2.24) is 0 Å². The first-order chi connectivity index (χ1) is 15.3. The van der Waals surface area contributed by atoms with Crippen molar-refractivity contribution >= 4 is 21.1 Å². The zero-order chi connectivity index (χ0) is 24.0. The third-order valence-electron chi connectivity index (χ3n) is 5.25. The Morgan fingerprint density at radius 3 is 1.62 bits per heavy atom. The van der Waals surface area contributed by atoms with Gasteiger partial charge in [-0.15, -0.1) is 0 Å². The van der Waals surface area contributed by atoms with Crippen LogP contribution in [0.1, 0.15) is 119 Å². The highest BCUT2D eigenvalue weighted by atomic mass is 27.3. The lowest BCUT2D eigenvalue weighted by atomic mass is 10.0. The maximum Gasteiger partial charge on any atom is 0.653 e. The molecule has 0 bridgehead atoms. The van der Waals surface area contributed by atoms with Crippen molar-refractivity contribution < 1.29 is 20.9 Å². The first-order valence-electron chi connectivity index (χ1n) is 13.1. The molecule has 5 nitrogen and oxygen atoms in total. The van der Waals surface area contributed by atoms with Crippen LogP contribution in [0.5, 0.6) is 0 Å². The molecule has 6 heteroatoms. The fraction of sp³-hybridized carbons (Fsp3) is 0.885. The molecule has 0 aromatic rings. The number of hydrogen-bond acceptors (Lipinski definition) is 5. The highest BCUT2D eigenvalue weighted by Crippen LogP contribution is 2.13. The molecule has 0 amide bonds. The number of carbonyl (C=O) groups excluding carboxylic acids is 1. The summed E-state index contributed by atoms with van der Waals surface area (Å²) in [7, 11) is 0. The minimum atomic E-state index is -2.30. The maximum absolute atomic E-state index is 11.6. The van der Waals surface area contributed by atoms with Crippen LogP contribution in [-0.4, -0.2) is 40.9 Å². The zero-order valence-electron chi connectivity index (χ0n) is 22.0. The third kappa shape index (κ3) is 22.6. The van der Waals surface area contributed by atoms with Crippen LogP contribution in [0.25, 0.3) is 0 Å². The molecule has 0 aromatic heterocycles. The Kier molecular flexibility index (Phi) is 21.9. The average molecular weight is 471 g/mol. The van der Waals surface area contributed by atoms with Gasteiger partial charge in [0.05, 0.1) is 12.7 Å². The molecular weight excluding hydrogens is 419 g/mol. The monoisotopic (exact) mass is 470 g/mol. The molecule has 189 valence electrons. The van der Waals surface area contributed by atoms with Crippen LogP contribution in [0.4, 0.5) is 0 Å². The number of hydrogen-bond donors (Lipinski definition) is 0. The minimum Gasteiger partial charge on any atom is -0.777 e. The normalized spacial score (nSPS) is 12.2. The SMILES string of the molecule is CCOC(=O)/C=C(/C)[O][Al-]([O]CCCCCCCC(C)C)[O]CCCCCCCC(C)C. The number of carbonyl (C=O) groups is 1. The third-order valence-corrected chi connectivity index (χ3v) is 6.83. The fourth-order valence-corrected chi connectivity index (χ4v) is 4.70. The molecule has 0 unspecified atom stereocenters. The van der Waals surface area contributed by atoms with E-state index in [-0.39, 0.29) is 5.97 Å². The molecule has 0 saturated heterocycles. The van der Waals surface area contributed by atoms with Crippen LogP contribution in [0.2, 0.25) is 0 Å². The van der Waals surface area contributed by atoms with E-state index in [9.17, 15) is 4.79 Å². The van der Waals surface area contributed by atoms with E-state index in [2.05, 4.69) is 27.7 Å². The van der Waals surface area contributed by atoms with Crippen LogP contribution in [-0.2, 0) is 20.9 Å². The van der Waals surface area contributed by atoms with Crippen molar-refractivity contribution in [2.24, 2.45) is 11.8 Å². The van der Waals surface area contributed by atoms with Gasteiger partial charge in [-0.2, -0.15) is 0 Å². The topological polar surface area (TPSA) is 54.0 Å². The summed E-state index contributed by atoms with van der Waals surface area (Å²) in [5.41, 5.74) is 0. The van der Waals surface area contributed by atoms with E-state index in [4.69, 9.17) is 16.1 Å². The minimum absolute atomic E-state index is 0.352. The summed E-state index contributed by atoms with van der Waals surface area (Å²) in [6, 6.07) is 0. The van der Waals surface area contributed by atoms with Gasteiger partial charge < -0.3 is 16.1 Å². The maximum atomic E-state index is 11.6. The number of ether oxygens (including phenoxy) is 1. The summed E-state index contributed by atoms with van der Waals surface area (Å²) in [6.07, 6.45) is 16.1. The second-order valence-corrected chi connectivity index (χ2v) is 11.0. The lowest BCUT2D eigenvalue weighted by Crippen LogP contribution is -2.28. The summed E-state index contributed by atoms with van der Waals surface area (Å²) < 4.78 is 22.8. The molecule has 1 radical (unpaired) electrons. The number of esters is 1. The predicted octanol–water partition coefficient (Wildman–Crippen LogP) is 7.48. The largest absolute Gasteiger partial charge is 0.777 e. The molecule has 32 heavy (non-hydrogen) atoms. The Morgan fingerprint density at radius 2 is 1.19 bits per heavy atom. The summed E-state index contributed by atoms with van der Waals surface area (Å²) >= 11 is -2.30. The van der Waals surface area contributed by atoms with Gasteiger partial charge in [0.1, 0.15) is 0 Å².